The minimum atomic E-state index is -0.463. The standard InChI is InChI=1S/C15H10N2O3/c18-16-14-4-2-1-3-11(14)7-10-15(16)12-5-8-13(9-6-12)17(19)20/h1-10H. The van der Waals surface area contributed by atoms with Gasteiger partial charge in [-0.2, -0.15) is 4.73 Å². The summed E-state index contributed by atoms with van der Waals surface area (Å²) in [7, 11) is 0. The molecule has 0 unspecified atom stereocenters. The number of hydrogen-bond donors (Lipinski definition) is 0. The molecule has 0 aliphatic heterocycles. The fourth-order valence-corrected chi connectivity index (χ4v) is 2.15. The molecular weight excluding hydrogens is 256 g/mol. The quantitative estimate of drug-likeness (QED) is 0.310. The van der Waals surface area contributed by atoms with E-state index in [9.17, 15) is 15.3 Å². The molecule has 1 aromatic heterocycles. The molecule has 0 radical (unpaired) electrons. The molecule has 0 aliphatic rings. The Morgan fingerprint density at radius 2 is 1.60 bits per heavy atom. The van der Waals surface area contributed by atoms with Gasteiger partial charge in [0, 0.05) is 35.2 Å². The second-order valence-corrected chi connectivity index (χ2v) is 4.38. The second-order valence-electron chi connectivity index (χ2n) is 4.38. The lowest BCUT2D eigenvalue weighted by atomic mass is 10.1. The van der Waals surface area contributed by atoms with Crippen molar-refractivity contribution in [2.45, 2.75) is 0 Å². The zero-order valence-electron chi connectivity index (χ0n) is 10.4. The Bertz CT molecular complexity index is 798. The summed E-state index contributed by atoms with van der Waals surface area (Å²) in [5, 5.41) is 23.8. The van der Waals surface area contributed by atoms with Crippen LogP contribution in [0.3, 0.4) is 0 Å². The van der Waals surface area contributed by atoms with Crippen molar-refractivity contribution < 1.29 is 9.65 Å². The van der Waals surface area contributed by atoms with Crippen LogP contribution >= 0.6 is 0 Å². The Morgan fingerprint density at radius 3 is 2.30 bits per heavy atom. The molecule has 0 saturated carbocycles. The molecule has 2 aromatic carbocycles. The van der Waals surface area contributed by atoms with Crippen LogP contribution in [0, 0.1) is 15.3 Å². The van der Waals surface area contributed by atoms with Crippen LogP contribution < -0.4 is 4.73 Å². The lowest BCUT2D eigenvalue weighted by molar-refractivity contribution is -0.565. The van der Waals surface area contributed by atoms with E-state index in [2.05, 4.69) is 0 Å². The van der Waals surface area contributed by atoms with Crippen LogP contribution in [0.1, 0.15) is 0 Å². The van der Waals surface area contributed by atoms with Crippen LogP contribution in [0.4, 0.5) is 5.69 Å². The molecule has 0 N–H and O–H groups in total. The molecule has 98 valence electrons. The summed E-state index contributed by atoms with van der Waals surface area (Å²) in [6.07, 6.45) is 0. The molecule has 1 heterocycles. The number of para-hydroxylation sites is 1. The fourth-order valence-electron chi connectivity index (χ4n) is 2.15. The smallest absolute Gasteiger partial charge is 0.269 e. The molecule has 5 heteroatoms. The van der Waals surface area contributed by atoms with Crippen LogP contribution in [0.15, 0.2) is 60.7 Å². The van der Waals surface area contributed by atoms with Crippen LogP contribution in [0.2, 0.25) is 0 Å². The Hall–Kier alpha value is -2.95. The largest absolute Gasteiger partial charge is 0.618 e. The van der Waals surface area contributed by atoms with Crippen molar-refractivity contribution in [2.24, 2.45) is 0 Å². The Kier molecular flexibility index (Phi) is 2.80. The second kappa shape index (κ2) is 4.62. The summed E-state index contributed by atoms with van der Waals surface area (Å²) in [6, 6.07) is 16.8. The Balaban J connectivity index is 2.14. The first-order chi connectivity index (χ1) is 9.66. The van der Waals surface area contributed by atoms with Gasteiger partial charge in [0.15, 0.2) is 0 Å². The molecule has 3 aromatic rings. The molecule has 20 heavy (non-hydrogen) atoms. The summed E-state index contributed by atoms with van der Waals surface area (Å²) in [5.41, 5.74) is 1.70. The lowest BCUT2D eigenvalue weighted by Gasteiger charge is -2.07. The number of non-ortho nitro benzene ring substituents is 1. The van der Waals surface area contributed by atoms with E-state index in [0.717, 1.165) is 10.1 Å². The van der Waals surface area contributed by atoms with Crippen molar-refractivity contribution in [1.82, 2.24) is 0 Å². The molecule has 5 nitrogen and oxygen atoms in total. The number of nitro groups is 1. The number of hydrogen-bond acceptors (Lipinski definition) is 3. The molecule has 0 spiro atoms. The summed E-state index contributed by atoms with van der Waals surface area (Å²) in [4.78, 5) is 10.2. The van der Waals surface area contributed by atoms with Gasteiger partial charge < -0.3 is 5.21 Å². The van der Waals surface area contributed by atoms with E-state index < -0.39 is 4.92 Å². The van der Waals surface area contributed by atoms with E-state index >= 15 is 0 Å². The summed E-state index contributed by atoms with van der Waals surface area (Å²) in [6.45, 7) is 0. The highest BCUT2D eigenvalue weighted by atomic mass is 16.6. The highest BCUT2D eigenvalue weighted by Crippen LogP contribution is 2.21. The molecule has 0 atom stereocenters. The van der Waals surface area contributed by atoms with Gasteiger partial charge in [0.05, 0.1) is 4.92 Å². The van der Waals surface area contributed by atoms with Gasteiger partial charge in [-0.1, -0.05) is 12.1 Å². The van der Waals surface area contributed by atoms with Crippen molar-refractivity contribution in [3.8, 4) is 11.3 Å². The number of nitrogens with zero attached hydrogens (tertiary/aromatic N) is 2. The van der Waals surface area contributed by atoms with Crippen molar-refractivity contribution in [3.63, 3.8) is 0 Å². The third kappa shape index (κ3) is 1.95. The Morgan fingerprint density at radius 1 is 0.900 bits per heavy atom. The van der Waals surface area contributed by atoms with Crippen molar-refractivity contribution >= 4 is 16.6 Å². The van der Waals surface area contributed by atoms with Crippen LogP contribution in [0.5, 0.6) is 0 Å². The number of nitro benzene ring substituents is 1. The number of aromatic nitrogens is 1. The van der Waals surface area contributed by atoms with E-state index in [4.69, 9.17) is 0 Å². The van der Waals surface area contributed by atoms with Crippen LogP contribution in [-0.4, -0.2) is 4.92 Å². The predicted molar refractivity (Wildman–Crippen MR) is 75.0 cm³/mol. The normalized spacial score (nSPS) is 10.6. The average Bonchev–Trinajstić information content (AvgIpc) is 2.48. The third-order valence-electron chi connectivity index (χ3n) is 3.17. The van der Waals surface area contributed by atoms with Gasteiger partial charge in [0.2, 0.25) is 11.2 Å². The highest BCUT2D eigenvalue weighted by molar-refractivity contribution is 5.77. The van der Waals surface area contributed by atoms with E-state index in [1.165, 1.54) is 12.1 Å². The fraction of sp³-hybridized carbons (Fsp3) is 0. The predicted octanol–water partition coefficient (Wildman–Crippen LogP) is 3.05. The average molecular weight is 266 g/mol. The maximum absolute atomic E-state index is 12.3. The highest BCUT2D eigenvalue weighted by Gasteiger charge is 2.13. The van der Waals surface area contributed by atoms with E-state index in [1.54, 1.807) is 30.3 Å². The molecule has 0 amide bonds. The van der Waals surface area contributed by atoms with Gasteiger partial charge in [-0.05, 0) is 24.3 Å². The van der Waals surface area contributed by atoms with Crippen LogP contribution in [-0.2, 0) is 0 Å². The van der Waals surface area contributed by atoms with Crippen molar-refractivity contribution in [2.75, 3.05) is 0 Å². The first kappa shape index (κ1) is 12.1. The van der Waals surface area contributed by atoms with E-state index in [-0.39, 0.29) is 5.69 Å². The lowest BCUT2D eigenvalue weighted by Crippen LogP contribution is -2.29. The zero-order valence-corrected chi connectivity index (χ0v) is 10.4. The van der Waals surface area contributed by atoms with Gasteiger partial charge in [0.1, 0.15) is 0 Å². The van der Waals surface area contributed by atoms with Gasteiger partial charge in [0.25, 0.3) is 5.69 Å². The molecule has 0 fully saturated rings. The van der Waals surface area contributed by atoms with Crippen molar-refractivity contribution in [1.29, 1.82) is 0 Å². The van der Waals surface area contributed by atoms with Gasteiger partial charge in [-0.15, -0.1) is 0 Å². The number of pyridine rings is 1. The van der Waals surface area contributed by atoms with Gasteiger partial charge in [-0.3, -0.25) is 10.1 Å². The summed E-state index contributed by atoms with van der Waals surface area (Å²) >= 11 is 0. The Labute approximate surface area is 114 Å². The summed E-state index contributed by atoms with van der Waals surface area (Å²) < 4.78 is 0.844. The molecular formula is C15H10N2O3. The SMILES string of the molecule is O=[N+]([O-])c1ccc(-c2ccc3ccccc3[n+]2[O-])cc1. The minimum absolute atomic E-state index is 0.00647. The first-order valence-corrected chi connectivity index (χ1v) is 6.03. The van der Waals surface area contributed by atoms with Gasteiger partial charge in [-0.25, -0.2) is 0 Å². The molecule has 0 bridgehead atoms. The topological polar surface area (TPSA) is 70.1 Å². The monoisotopic (exact) mass is 266 g/mol. The minimum Gasteiger partial charge on any atom is -0.618 e. The first-order valence-electron chi connectivity index (χ1n) is 6.03. The van der Waals surface area contributed by atoms with E-state index in [0.29, 0.717) is 16.8 Å². The van der Waals surface area contributed by atoms with Crippen LogP contribution in [0.25, 0.3) is 22.2 Å². The maximum Gasteiger partial charge on any atom is 0.269 e. The van der Waals surface area contributed by atoms with Gasteiger partial charge >= 0.3 is 0 Å². The number of rotatable bonds is 2. The maximum atomic E-state index is 12.3. The molecule has 3 rings (SSSR count). The van der Waals surface area contributed by atoms with Crippen molar-refractivity contribution in [3.05, 3.63) is 76.0 Å². The number of benzene rings is 2. The third-order valence-corrected chi connectivity index (χ3v) is 3.17. The number of fused-ring (bicyclic) bond motifs is 1. The molecule has 0 aliphatic carbocycles. The zero-order chi connectivity index (χ0) is 14.1. The van der Waals surface area contributed by atoms with E-state index in [1.807, 2.05) is 18.2 Å². The summed E-state index contributed by atoms with van der Waals surface area (Å²) in [5.74, 6) is 0. The molecule has 0 saturated heterocycles.